The number of amides is 3. The minimum Gasteiger partial charge on any atom is -0.341 e. The molecule has 3 amide bonds. The molecule has 1 atom stereocenters. The molecule has 31 heavy (non-hydrogen) atoms. The Morgan fingerprint density at radius 3 is 2.52 bits per heavy atom. The molecule has 1 saturated heterocycles. The van der Waals surface area contributed by atoms with E-state index in [9.17, 15) is 14.4 Å². The van der Waals surface area contributed by atoms with Gasteiger partial charge in [0.05, 0.1) is 5.69 Å². The van der Waals surface area contributed by atoms with Crippen LogP contribution >= 0.6 is 23.4 Å². The van der Waals surface area contributed by atoms with Crippen LogP contribution in [0.25, 0.3) is 0 Å². The molecule has 0 aliphatic carbocycles. The fourth-order valence-corrected chi connectivity index (χ4v) is 5.28. The van der Waals surface area contributed by atoms with Gasteiger partial charge in [-0.2, -0.15) is 0 Å². The number of nitrogens with zero attached hydrogens (tertiary/aromatic N) is 2. The molecular weight excluding hydrogens is 434 g/mol. The predicted molar refractivity (Wildman–Crippen MR) is 124 cm³/mol. The van der Waals surface area contributed by atoms with E-state index in [1.54, 1.807) is 35.2 Å². The van der Waals surface area contributed by atoms with E-state index in [1.165, 1.54) is 16.7 Å². The second-order valence-electron chi connectivity index (χ2n) is 7.69. The molecule has 4 rings (SSSR count). The first-order chi connectivity index (χ1) is 15.0. The molecule has 1 fully saturated rings. The molecule has 2 aliphatic heterocycles. The number of halogens is 1. The van der Waals surface area contributed by atoms with Crippen LogP contribution in [0.1, 0.15) is 25.7 Å². The Morgan fingerprint density at radius 2 is 1.77 bits per heavy atom. The van der Waals surface area contributed by atoms with Crippen LogP contribution in [0.4, 0.5) is 11.4 Å². The molecular formula is C23H24ClN3O3S. The van der Waals surface area contributed by atoms with E-state index >= 15 is 0 Å². The molecule has 8 heteroatoms. The lowest BCUT2D eigenvalue weighted by Gasteiger charge is -2.34. The average Bonchev–Trinajstić information content (AvgIpc) is 3.05. The highest BCUT2D eigenvalue weighted by Crippen LogP contribution is 2.39. The molecule has 1 N–H and O–H groups in total. The van der Waals surface area contributed by atoms with E-state index in [4.69, 9.17) is 11.6 Å². The third kappa shape index (κ3) is 5.05. The standard InChI is InChI=1S/C23H24ClN3O3S/c24-16-8-7-9-17(14-16)25-20(28)15-27-18-10-3-4-11-19(18)31-21(23(27)30)22(29)26-12-5-1-2-6-13-26/h3-4,7-11,14,21H,1-2,5-6,12-13,15H2,(H,25,28). The third-order valence-corrected chi connectivity index (χ3v) is 6.92. The molecule has 2 heterocycles. The topological polar surface area (TPSA) is 69.7 Å². The van der Waals surface area contributed by atoms with Gasteiger partial charge in [0.25, 0.3) is 5.91 Å². The van der Waals surface area contributed by atoms with E-state index in [-0.39, 0.29) is 24.3 Å². The summed E-state index contributed by atoms with van der Waals surface area (Å²) in [6, 6.07) is 14.2. The van der Waals surface area contributed by atoms with Crippen LogP contribution in [0.3, 0.4) is 0 Å². The summed E-state index contributed by atoms with van der Waals surface area (Å²) in [5.41, 5.74) is 1.21. The van der Waals surface area contributed by atoms with Gasteiger partial charge in [0.1, 0.15) is 6.54 Å². The maximum atomic E-state index is 13.4. The Balaban J connectivity index is 1.54. The van der Waals surface area contributed by atoms with Crippen LogP contribution in [0.5, 0.6) is 0 Å². The van der Waals surface area contributed by atoms with Crippen molar-refractivity contribution in [3.05, 3.63) is 53.6 Å². The van der Waals surface area contributed by atoms with E-state index < -0.39 is 5.25 Å². The molecule has 0 saturated carbocycles. The van der Waals surface area contributed by atoms with Gasteiger partial charge in [0.15, 0.2) is 5.25 Å². The van der Waals surface area contributed by atoms with Crippen molar-refractivity contribution in [2.75, 3.05) is 29.9 Å². The van der Waals surface area contributed by atoms with Crippen LogP contribution in [-0.4, -0.2) is 47.5 Å². The summed E-state index contributed by atoms with van der Waals surface area (Å²) in [5, 5.41) is 2.42. The Morgan fingerprint density at radius 1 is 1.03 bits per heavy atom. The Bertz CT molecular complexity index is 992. The normalized spacial score (nSPS) is 18.9. The molecule has 2 aliphatic rings. The molecule has 0 aromatic heterocycles. The number of thioether (sulfide) groups is 1. The number of hydrogen-bond acceptors (Lipinski definition) is 4. The number of hydrogen-bond donors (Lipinski definition) is 1. The largest absolute Gasteiger partial charge is 0.341 e. The van der Waals surface area contributed by atoms with Crippen LogP contribution in [0.15, 0.2) is 53.4 Å². The maximum Gasteiger partial charge on any atom is 0.250 e. The molecule has 6 nitrogen and oxygen atoms in total. The number of carbonyl (C=O) groups excluding carboxylic acids is 3. The SMILES string of the molecule is O=C(CN1C(=O)C(C(=O)N2CCCCCC2)Sc2ccccc21)Nc1cccc(Cl)c1. The zero-order chi connectivity index (χ0) is 21.8. The highest BCUT2D eigenvalue weighted by molar-refractivity contribution is 8.01. The first-order valence-electron chi connectivity index (χ1n) is 10.4. The van der Waals surface area contributed by atoms with Gasteiger partial charge >= 0.3 is 0 Å². The van der Waals surface area contributed by atoms with Crippen LogP contribution < -0.4 is 10.2 Å². The molecule has 162 valence electrons. The molecule has 0 radical (unpaired) electrons. The van der Waals surface area contributed by atoms with Crippen molar-refractivity contribution < 1.29 is 14.4 Å². The summed E-state index contributed by atoms with van der Waals surface area (Å²) in [7, 11) is 0. The lowest BCUT2D eigenvalue weighted by atomic mass is 10.2. The molecule has 0 spiro atoms. The van der Waals surface area contributed by atoms with Gasteiger partial charge in [-0.3, -0.25) is 14.4 Å². The maximum absolute atomic E-state index is 13.4. The van der Waals surface area contributed by atoms with Gasteiger partial charge in [0, 0.05) is 28.7 Å². The van der Waals surface area contributed by atoms with E-state index in [0.717, 1.165) is 30.6 Å². The summed E-state index contributed by atoms with van der Waals surface area (Å²) in [4.78, 5) is 43.4. The molecule has 0 bridgehead atoms. The Hall–Kier alpha value is -2.51. The minimum absolute atomic E-state index is 0.161. The molecule has 2 aromatic rings. The summed E-state index contributed by atoms with van der Waals surface area (Å²) in [5.74, 6) is -0.857. The number of para-hydroxylation sites is 1. The molecule has 1 unspecified atom stereocenters. The van der Waals surface area contributed by atoms with E-state index in [1.807, 2.05) is 18.2 Å². The second-order valence-corrected chi connectivity index (χ2v) is 9.27. The first-order valence-corrected chi connectivity index (χ1v) is 11.7. The lowest BCUT2D eigenvalue weighted by Crippen LogP contribution is -2.51. The Kier molecular flexibility index (Phi) is 6.83. The second kappa shape index (κ2) is 9.75. The lowest BCUT2D eigenvalue weighted by molar-refractivity contribution is -0.135. The van der Waals surface area contributed by atoms with Crippen molar-refractivity contribution in [1.29, 1.82) is 0 Å². The number of likely N-dealkylation sites (tertiary alicyclic amines) is 1. The average molecular weight is 458 g/mol. The van der Waals surface area contributed by atoms with Crippen LogP contribution in [0, 0.1) is 0 Å². The van der Waals surface area contributed by atoms with Gasteiger partial charge in [0.2, 0.25) is 11.8 Å². The Labute approximate surface area is 190 Å². The predicted octanol–water partition coefficient (Wildman–Crippen LogP) is 4.19. The summed E-state index contributed by atoms with van der Waals surface area (Å²) in [6.07, 6.45) is 4.13. The number of nitrogens with one attached hydrogen (secondary N) is 1. The van der Waals surface area contributed by atoms with Gasteiger partial charge in [-0.25, -0.2) is 0 Å². The zero-order valence-corrected chi connectivity index (χ0v) is 18.6. The van der Waals surface area contributed by atoms with Crippen molar-refractivity contribution in [2.24, 2.45) is 0 Å². The summed E-state index contributed by atoms with van der Waals surface area (Å²) >= 11 is 7.27. The first kappa shape index (κ1) is 21.7. The quantitative estimate of drug-likeness (QED) is 0.699. The number of carbonyl (C=O) groups is 3. The van der Waals surface area contributed by atoms with Crippen molar-refractivity contribution in [1.82, 2.24) is 4.90 Å². The summed E-state index contributed by atoms with van der Waals surface area (Å²) in [6.45, 7) is 1.19. The van der Waals surface area contributed by atoms with Crippen LogP contribution in [0.2, 0.25) is 5.02 Å². The zero-order valence-electron chi connectivity index (χ0n) is 17.1. The highest BCUT2D eigenvalue weighted by atomic mass is 35.5. The molecule has 2 aromatic carbocycles. The van der Waals surface area contributed by atoms with Crippen molar-refractivity contribution in [3.8, 4) is 0 Å². The number of rotatable bonds is 4. The van der Waals surface area contributed by atoms with Gasteiger partial charge in [-0.1, -0.05) is 42.6 Å². The monoisotopic (exact) mass is 457 g/mol. The third-order valence-electron chi connectivity index (χ3n) is 5.44. The fraction of sp³-hybridized carbons (Fsp3) is 0.348. The van der Waals surface area contributed by atoms with E-state index in [0.29, 0.717) is 29.5 Å². The van der Waals surface area contributed by atoms with Crippen molar-refractivity contribution >= 4 is 52.5 Å². The van der Waals surface area contributed by atoms with Gasteiger partial charge < -0.3 is 15.1 Å². The van der Waals surface area contributed by atoms with E-state index in [2.05, 4.69) is 5.32 Å². The highest BCUT2D eigenvalue weighted by Gasteiger charge is 2.40. The summed E-state index contributed by atoms with van der Waals surface area (Å²) < 4.78 is 0. The number of anilines is 2. The van der Waals surface area contributed by atoms with Crippen LogP contribution in [-0.2, 0) is 14.4 Å². The number of benzene rings is 2. The van der Waals surface area contributed by atoms with Crippen molar-refractivity contribution in [3.63, 3.8) is 0 Å². The smallest absolute Gasteiger partial charge is 0.250 e. The van der Waals surface area contributed by atoms with Gasteiger partial charge in [-0.15, -0.1) is 11.8 Å². The van der Waals surface area contributed by atoms with Gasteiger partial charge in [-0.05, 0) is 43.2 Å². The fourth-order valence-electron chi connectivity index (χ4n) is 3.90. The minimum atomic E-state index is -0.869. The number of fused-ring (bicyclic) bond motifs is 1. The van der Waals surface area contributed by atoms with Crippen molar-refractivity contribution in [2.45, 2.75) is 35.8 Å².